The molecular formula is C44H51N7O7. The predicted molar refractivity (Wildman–Crippen MR) is 221 cm³/mol. The summed E-state index contributed by atoms with van der Waals surface area (Å²) in [6, 6.07) is 18.2. The number of hydrogen-bond donors (Lipinski definition) is 4. The molecule has 0 saturated carbocycles. The molecule has 4 heterocycles. The first-order valence-electron chi connectivity index (χ1n) is 19.9. The molecule has 58 heavy (non-hydrogen) atoms. The zero-order valence-electron chi connectivity index (χ0n) is 33.8. The third-order valence-corrected chi connectivity index (χ3v) is 11.5. The maximum absolute atomic E-state index is 13.6. The Labute approximate surface area is 336 Å². The normalized spacial score (nSPS) is 17.9. The topological polar surface area (TPSA) is 179 Å². The summed E-state index contributed by atoms with van der Waals surface area (Å²) in [6.07, 6.45) is 3.58. The van der Waals surface area contributed by atoms with Gasteiger partial charge in [-0.1, -0.05) is 64.1 Å². The van der Waals surface area contributed by atoms with E-state index in [-0.39, 0.29) is 41.3 Å². The van der Waals surface area contributed by atoms with Crippen molar-refractivity contribution in [2.75, 3.05) is 27.3 Å². The molecule has 5 aromatic rings. The van der Waals surface area contributed by atoms with Crippen LogP contribution in [0.1, 0.15) is 77.0 Å². The number of imidazole rings is 1. The number of ether oxygens (including phenoxy) is 2. The van der Waals surface area contributed by atoms with E-state index >= 15 is 0 Å². The highest BCUT2D eigenvalue weighted by Crippen LogP contribution is 2.36. The summed E-state index contributed by atoms with van der Waals surface area (Å²) in [5.74, 6) is 0.0805. The number of likely N-dealkylation sites (tertiary alicyclic amines) is 2. The summed E-state index contributed by atoms with van der Waals surface area (Å²) in [5, 5.41) is 8.76. The fourth-order valence-corrected chi connectivity index (χ4v) is 8.31. The SMILES string of the molecule is COC(=O)N[C@H](C(=O)N1CCCC1c1cc2ccc(-c3ccc4cc(-c5cnc([C@@H]6CCCN6C(=O)[C@@H](NC(=O)OC)C(C)C)[nH]5)ccc4c3)cc2c(=O)[nH]1)C(C)C. The molecule has 0 radical (unpaired) electrons. The minimum Gasteiger partial charge on any atom is -0.453 e. The van der Waals surface area contributed by atoms with Crippen LogP contribution in [0.3, 0.4) is 0 Å². The van der Waals surface area contributed by atoms with Gasteiger partial charge in [0, 0.05) is 29.7 Å². The quantitative estimate of drug-likeness (QED) is 0.119. The molecule has 4 N–H and O–H groups in total. The van der Waals surface area contributed by atoms with Crippen LogP contribution in [0.2, 0.25) is 0 Å². The standard InChI is InChI=1S/C44H51N7O7/c1-24(2)37(48-43(55)57-5)41(53)50-17-7-9-35(50)33-22-30-15-13-29(21-32(30)40(52)47-33)27-11-12-28-20-31(16-14-26(28)19-27)34-23-45-39(46-34)36-10-8-18-51(36)42(54)38(25(3)4)49-44(56)58-6/h11-16,19-25,35-38H,7-10,17-18H2,1-6H3,(H,45,46)(H,47,52)(H,48,55)(H,49,56)/t35?,36-,37-,38-/m0/s1. The third-order valence-electron chi connectivity index (χ3n) is 11.5. The number of nitrogens with zero attached hydrogens (tertiary/aromatic N) is 3. The van der Waals surface area contributed by atoms with Crippen molar-refractivity contribution in [2.24, 2.45) is 11.8 Å². The van der Waals surface area contributed by atoms with Crippen LogP contribution in [0.5, 0.6) is 0 Å². The minimum absolute atomic E-state index is 0.119. The van der Waals surface area contributed by atoms with Crippen molar-refractivity contribution in [1.82, 2.24) is 35.4 Å². The van der Waals surface area contributed by atoms with Crippen LogP contribution in [0.15, 0.2) is 71.7 Å². The second kappa shape index (κ2) is 16.7. The highest BCUT2D eigenvalue weighted by atomic mass is 16.5. The number of aromatic nitrogens is 3. The summed E-state index contributed by atoms with van der Waals surface area (Å²) < 4.78 is 9.52. The van der Waals surface area contributed by atoms with Crippen molar-refractivity contribution in [1.29, 1.82) is 0 Å². The number of amides is 4. The van der Waals surface area contributed by atoms with Gasteiger partial charge in [0.2, 0.25) is 11.8 Å². The molecular weight excluding hydrogens is 739 g/mol. The number of pyridine rings is 1. The van der Waals surface area contributed by atoms with Crippen molar-refractivity contribution < 1.29 is 28.7 Å². The van der Waals surface area contributed by atoms with E-state index < -0.39 is 24.3 Å². The summed E-state index contributed by atoms with van der Waals surface area (Å²) in [7, 11) is 2.55. The van der Waals surface area contributed by atoms with E-state index in [1.165, 1.54) is 14.2 Å². The largest absolute Gasteiger partial charge is 0.453 e. The molecule has 14 nitrogen and oxygen atoms in total. The van der Waals surface area contributed by atoms with Gasteiger partial charge in [0.05, 0.1) is 38.2 Å². The monoisotopic (exact) mass is 789 g/mol. The maximum atomic E-state index is 13.6. The van der Waals surface area contributed by atoms with Crippen LogP contribution in [0.25, 0.3) is 43.9 Å². The van der Waals surface area contributed by atoms with E-state index in [9.17, 15) is 24.0 Å². The Kier molecular flexibility index (Phi) is 11.6. The number of H-pyrrole nitrogens is 2. The van der Waals surface area contributed by atoms with Crippen molar-refractivity contribution in [3.8, 4) is 22.4 Å². The fourth-order valence-electron chi connectivity index (χ4n) is 8.31. The number of hydrogen-bond acceptors (Lipinski definition) is 8. The van der Waals surface area contributed by atoms with Gasteiger partial charge in [0.15, 0.2) is 0 Å². The van der Waals surface area contributed by atoms with Crippen molar-refractivity contribution >= 4 is 45.5 Å². The lowest BCUT2D eigenvalue weighted by Gasteiger charge is -2.30. The number of nitrogens with one attached hydrogen (secondary N) is 4. The number of alkyl carbamates (subject to hydrolysis) is 2. The van der Waals surface area contributed by atoms with E-state index in [2.05, 4.69) is 44.9 Å². The lowest BCUT2D eigenvalue weighted by Crippen LogP contribution is -2.51. The molecule has 14 heteroatoms. The van der Waals surface area contributed by atoms with Gasteiger partial charge in [-0.2, -0.15) is 0 Å². The molecule has 0 aliphatic carbocycles. The Hall–Kier alpha value is -6.18. The fraction of sp³-hybridized carbons (Fsp3) is 0.409. The molecule has 2 fully saturated rings. The smallest absolute Gasteiger partial charge is 0.407 e. The molecule has 4 amide bonds. The van der Waals surface area contributed by atoms with Crippen LogP contribution >= 0.6 is 0 Å². The average Bonchev–Trinajstić information content (AvgIpc) is 4.02. The predicted octanol–water partition coefficient (Wildman–Crippen LogP) is 6.83. The van der Waals surface area contributed by atoms with E-state index in [1.54, 1.807) is 16.0 Å². The van der Waals surface area contributed by atoms with Crippen molar-refractivity contribution in [3.05, 3.63) is 88.7 Å². The molecule has 7 rings (SSSR count). The molecule has 304 valence electrons. The second-order valence-corrected chi connectivity index (χ2v) is 15.9. The molecule has 0 bridgehead atoms. The summed E-state index contributed by atoms with van der Waals surface area (Å²) in [4.78, 5) is 79.6. The van der Waals surface area contributed by atoms with Gasteiger partial charge in [0.1, 0.15) is 17.9 Å². The third kappa shape index (κ3) is 8.00. The van der Waals surface area contributed by atoms with Gasteiger partial charge >= 0.3 is 12.2 Å². The van der Waals surface area contributed by atoms with Crippen molar-refractivity contribution in [2.45, 2.75) is 77.5 Å². The Bertz CT molecular complexity index is 2420. The Balaban J connectivity index is 1.08. The highest BCUT2D eigenvalue weighted by Gasteiger charge is 2.38. The lowest BCUT2D eigenvalue weighted by molar-refractivity contribution is -0.136. The molecule has 3 aromatic carbocycles. The van der Waals surface area contributed by atoms with Gasteiger partial charge in [-0.05, 0) is 89.1 Å². The van der Waals surface area contributed by atoms with Crippen LogP contribution in [-0.2, 0) is 19.1 Å². The summed E-state index contributed by atoms with van der Waals surface area (Å²) in [6.45, 7) is 8.64. The first kappa shape index (κ1) is 40.0. The Morgan fingerprint density at radius 3 is 1.79 bits per heavy atom. The molecule has 2 aliphatic rings. The van der Waals surface area contributed by atoms with E-state index in [0.717, 1.165) is 57.8 Å². The van der Waals surface area contributed by atoms with Gasteiger partial charge in [-0.3, -0.25) is 14.4 Å². The molecule has 0 spiro atoms. The number of carbonyl (C=O) groups is 4. The van der Waals surface area contributed by atoms with E-state index in [0.29, 0.717) is 36.4 Å². The Morgan fingerprint density at radius 1 is 0.690 bits per heavy atom. The number of benzene rings is 3. The Morgan fingerprint density at radius 2 is 1.21 bits per heavy atom. The van der Waals surface area contributed by atoms with Gasteiger partial charge < -0.3 is 39.9 Å². The van der Waals surface area contributed by atoms with Crippen LogP contribution in [0, 0.1) is 11.8 Å². The molecule has 2 saturated heterocycles. The summed E-state index contributed by atoms with van der Waals surface area (Å²) >= 11 is 0. The number of methoxy groups -OCH3 is 2. The molecule has 4 atom stereocenters. The van der Waals surface area contributed by atoms with E-state index in [4.69, 9.17) is 14.5 Å². The first-order chi connectivity index (χ1) is 27.9. The summed E-state index contributed by atoms with van der Waals surface area (Å²) in [5.41, 5.74) is 4.10. The minimum atomic E-state index is -0.746. The van der Waals surface area contributed by atoms with Gasteiger partial charge in [-0.15, -0.1) is 0 Å². The molecule has 1 unspecified atom stereocenters. The second-order valence-electron chi connectivity index (χ2n) is 15.9. The van der Waals surface area contributed by atoms with Crippen LogP contribution in [0.4, 0.5) is 9.59 Å². The lowest BCUT2D eigenvalue weighted by atomic mass is 9.97. The van der Waals surface area contributed by atoms with Gasteiger partial charge in [-0.25, -0.2) is 14.6 Å². The van der Waals surface area contributed by atoms with E-state index in [1.807, 2.05) is 64.1 Å². The zero-order chi connectivity index (χ0) is 41.2. The van der Waals surface area contributed by atoms with Crippen molar-refractivity contribution in [3.63, 3.8) is 0 Å². The number of rotatable bonds is 10. The number of fused-ring (bicyclic) bond motifs is 2. The van der Waals surface area contributed by atoms with Crippen LogP contribution < -0.4 is 16.2 Å². The molecule has 2 aromatic heterocycles. The first-order valence-corrected chi connectivity index (χ1v) is 19.9. The highest BCUT2D eigenvalue weighted by molar-refractivity contribution is 5.93. The maximum Gasteiger partial charge on any atom is 0.407 e. The number of aromatic amines is 2. The zero-order valence-corrected chi connectivity index (χ0v) is 33.8. The number of carbonyl (C=O) groups excluding carboxylic acids is 4. The van der Waals surface area contributed by atoms with Gasteiger partial charge in [0.25, 0.3) is 5.56 Å². The average molecular weight is 790 g/mol. The molecule has 2 aliphatic heterocycles. The van der Waals surface area contributed by atoms with Crippen LogP contribution in [-0.4, -0.2) is 88.1 Å².